The maximum atomic E-state index is 4.79. The van der Waals surface area contributed by atoms with Crippen molar-refractivity contribution < 1.29 is 0 Å². The van der Waals surface area contributed by atoms with Crippen LogP contribution in [-0.2, 0) is 0 Å². The normalized spacial score (nSPS) is 9.75. The Morgan fingerprint density at radius 3 is 2.62 bits per heavy atom. The van der Waals surface area contributed by atoms with Gasteiger partial charge in [0.1, 0.15) is 0 Å². The Balaban J connectivity index is 2.53. The predicted molar refractivity (Wildman–Crippen MR) is 44.7 cm³/mol. The first-order valence-electron chi connectivity index (χ1n) is 3.07. The van der Waals surface area contributed by atoms with Gasteiger partial charge in [0, 0.05) is 5.75 Å². The lowest BCUT2D eigenvalue weighted by molar-refractivity contribution is 1.08. The number of thioether (sulfide) groups is 1. The molecule has 0 aliphatic carbocycles. The predicted octanol–water partition coefficient (Wildman–Crippen LogP) is 2.72. The van der Waals surface area contributed by atoms with Gasteiger partial charge in [-0.2, -0.15) is 11.8 Å². The maximum absolute atomic E-state index is 4.79. The molecule has 0 aliphatic heterocycles. The minimum Gasteiger partial charge on any atom is -0.162 e. The van der Waals surface area contributed by atoms with Crippen LogP contribution in [0.25, 0.3) is 0 Å². The van der Waals surface area contributed by atoms with Crippen LogP contribution in [0.2, 0.25) is 0 Å². The van der Waals surface area contributed by atoms with Gasteiger partial charge in [-0.25, -0.2) is 0 Å². The third kappa shape index (κ3) is 6.70. The van der Waals surface area contributed by atoms with E-state index in [9.17, 15) is 0 Å². The van der Waals surface area contributed by atoms with Crippen LogP contribution in [0.4, 0.5) is 0 Å². The summed E-state index contributed by atoms with van der Waals surface area (Å²) in [5.41, 5.74) is 0. The van der Waals surface area contributed by atoms with Crippen molar-refractivity contribution in [3.63, 3.8) is 0 Å². The molecule has 0 bridgehead atoms. The molecule has 0 fully saturated rings. The second-order valence-corrected chi connectivity index (χ2v) is 3.30. The molecule has 0 atom stereocenters. The SMILES string of the molecule is CCCSCCC[S]. The van der Waals surface area contributed by atoms with Crippen molar-refractivity contribution in [2.24, 2.45) is 0 Å². The van der Waals surface area contributed by atoms with Crippen molar-refractivity contribution in [1.82, 2.24) is 0 Å². The van der Waals surface area contributed by atoms with Crippen LogP contribution < -0.4 is 0 Å². The summed E-state index contributed by atoms with van der Waals surface area (Å²) in [5, 5.41) is 0. The Hall–Kier alpha value is 0.700. The fourth-order valence-electron chi connectivity index (χ4n) is 0.407. The highest BCUT2D eigenvalue weighted by atomic mass is 32.2. The average molecular weight is 149 g/mol. The first-order chi connectivity index (χ1) is 3.91. The van der Waals surface area contributed by atoms with Gasteiger partial charge in [-0.05, 0) is 24.3 Å². The molecule has 0 rings (SSSR count). The Bertz CT molecular complexity index is 31.5. The summed E-state index contributed by atoms with van der Waals surface area (Å²) in [6.07, 6.45) is 2.50. The molecule has 0 N–H and O–H groups in total. The fraction of sp³-hybridized carbons (Fsp3) is 1.00. The quantitative estimate of drug-likeness (QED) is 0.542. The summed E-state index contributed by atoms with van der Waals surface area (Å²) in [7, 11) is 0. The molecular formula is C6H13S2. The van der Waals surface area contributed by atoms with Gasteiger partial charge in [0.2, 0.25) is 0 Å². The molecule has 0 aromatic rings. The van der Waals surface area contributed by atoms with Crippen molar-refractivity contribution >= 4 is 24.4 Å². The lowest BCUT2D eigenvalue weighted by Gasteiger charge is -1.93. The van der Waals surface area contributed by atoms with Gasteiger partial charge in [0.15, 0.2) is 0 Å². The van der Waals surface area contributed by atoms with Crippen molar-refractivity contribution in [2.45, 2.75) is 19.8 Å². The van der Waals surface area contributed by atoms with Gasteiger partial charge < -0.3 is 0 Å². The van der Waals surface area contributed by atoms with E-state index in [0.29, 0.717) is 0 Å². The van der Waals surface area contributed by atoms with Crippen molar-refractivity contribution in [3.8, 4) is 0 Å². The molecule has 8 heavy (non-hydrogen) atoms. The topological polar surface area (TPSA) is 0 Å². The van der Waals surface area contributed by atoms with Crippen molar-refractivity contribution in [3.05, 3.63) is 0 Å². The molecule has 0 aromatic heterocycles. The van der Waals surface area contributed by atoms with E-state index >= 15 is 0 Å². The summed E-state index contributed by atoms with van der Waals surface area (Å²) in [4.78, 5) is 0. The zero-order valence-electron chi connectivity index (χ0n) is 5.35. The zero-order chi connectivity index (χ0) is 6.24. The molecule has 0 aromatic carbocycles. The van der Waals surface area contributed by atoms with E-state index in [-0.39, 0.29) is 0 Å². The fourth-order valence-corrected chi connectivity index (χ4v) is 1.58. The largest absolute Gasteiger partial charge is 0.162 e. The van der Waals surface area contributed by atoms with E-state index in [2.05, 4.69) is 6.92 Å². The zero-order valence-corrected chi connectivity index (χ0v) is 6.99. The van der Waals surface area contributed by atoms with E-state index in [0.717, 1.165) is 5.75 Å². The first-order valence-corrected chi connectivity index (χ1v) is 4.81. The Labute approximate surface area is 61.8 Å². The molecule has 0 unspecified atom stereocenters. The van der Waals surface area contributed by atoms with Gasteiger partial charge in [-0.1, -0.05) is 19.6 Å². The van der Waals surface area contributed by atoms with Crippen molar-refractivity contribution in [2.75, 3.05) is 17.3 Å². The summed E-state index contributed by atoms with van der Waals surface area (Å²) < 4.78 is 0. The van der Waals surface area contributed by atoms with Crippen LogP contribution >= 0.6 is 24.4 Å². The van der Waals surface area contributed by atoms with Gasteiger partial charge >= 0.3 is 0 Å². The standard InChI is InChI=1S/C6H13S2/c1-2-5-8-6-3-4-7/h2-6H2,1H3. The second-order valence-electron chi connectivity index (χ2n) is 1.67. The van der Waals surface area contributed by atoms with E-state index in [4.69, 9.17) is 12.6 Å². The van der Waals surface area contributed by atoms with Crippen LogP contribution in [-0.4, -0.2) is 17.3 Å². The molecule has 49 valence electrons. The van der Waals surface area contributed by atoms with Gasteiger partial charge in [0.25, 0.3) is 0 Å². The van der Waals surface area contributed by atoms with Crippen LogP contribution in [0.5, 0.6) is 0 Å². The van der Waals surface area contributed by atoms with E-state index in [1.165, 1.54) is 24.3 Å². The molecule has 0 nitrogen and oxygen atoms in total. The molecular weight excluding hydrogens is 136 g/mol. The van der Waals surface area contributed by atoms with Crippen LogP contribution in [0.3, 0.4) is 0 Å². The summed E-state index contributed by atoms with van der Waals surface area (Å²) in [6.45, 7) is 2.21. The average Bonchev–Trinajstić information content (AvgIpc) is 1.81. The highest BCUT2D eigenvalue weighted by Gasteiger charge is 1.83. The Morgan fingerprint density at radius 2 is 2.12 bits per heavy atom. The molecule has 0 spiro atoms. The van der Waals surface area contributed by atoms with Gasteiger partial charge in [-0.15, -0.1) is 0 Å². The lowest BCUT2D eigenvalue weighted by atomic mass is 10.6. The number of hydrogen-bond donors (Lipinski definition) is 0. The smallest absolute Gasteiger partial charge is 0.00447 e. The monoisotopic (exact) mass is 149 g/mol. The molecule has 0 aliphatic rings. The first kappa shape index (κ1) is 8.70. The molecule has 0 saturated carbocycles. The lowest BCUT2D eigenvalue weighted by Crippen LogP contribution is -1.81. The summed E-state index contributed by atoms with van der Waals surface area (Å²) in [5.74, 6) is 3.49. The highest BCUT2D eigenvalue weighted by molar-refractivity contribution is 7.99. The minimum absolute atomic E-state index is 0.927. The maximum Gasteiger partial charge on any atom is 0.00447 e. The number of hydrogen-bond acceptors (Lipinski definition) is 1. The van der Waals surface area contributed by atoms with Crippen LogP contribution in [0, 0.1) is 0 Å². The summed E-state index contributed by atoms with van der Waals surface area (Å²) in [6, 6.07) is 0. The van der Waals surface area contributed by atoms with E-state index in [1.54, 1.807) is 0 Å². The Morgan fingerprint density at radius 1 is 1.38 bits per heavy atom. The van der Waals surface area contributed by atoms with Gasteiger partial charge in [-0.3, -0.25) is 0 Å². The Kier molecular flexibility index (Phi) is 8.37. The van der Waals surface area contributed by atoms with Crippen LogP contribution in [0.15, 0.2) is 0 Å². The third-order valence-corrected chi connectivity index (χ3v) is 2.34. The molecule has 0 saturated heterocycles. The molecule has 0 heterocycles. The minimum atomic E-state index is 0.927. The van der Waals surface area contributed by atoms with E-state index in [1.807, 2.05) is 11.8 Å². The molecule has 0 amide bonds. The summed E-state index contributed by atoms with van der Waals surface area (Å²) >= 11 is 6.80. The highest BCUT2D eigenvalue weighted by Crippen LogP contribution is 2.03. The second kappa shape index (κ2) is 7.70. The number of rotatable bonds is 5. The van der Waals surface area contributed by atoms with Crippen molar-refractivity contribution in [1.29, 1.82) is 0 Å². The molecule has 1 radical (unpaired) electrons. The van der Waals surface area contributed by atoms with E-state index < -0.39 is 0 Å². The van der Waals surface area contributed by atoms with Crippen LogP contribution in [0.1, 0.15) is 19.8 Å². The van der Waals surface area contributed by atoms with Gasteiger partial charge in [0.05, 0.1) is 0 Å². The molecule has 2 heteroatoms. The third-order valence-electron chi connectivity index (χ3n) is 0.781.